The van der Waals surface area contributed by atoms with Crippen molar-refractivity contribution in [2.45, 2.75) is 6.42 Å². The summed E-state index contributed by atoms with van der Waals surface area (Å²) in [5.74, 6) is -0.478. The zero-order valence-electron chi connectivity index (χ0n) is 9.16. The Bertz CT molecular complexity index is 603. The number of halogens is 3. The maximum atomic E-state index is 13.1. The molecule has 0 aliphatic carbocycles. The van der Waals surface area contributed by atoms with Crippen molar-refractivity contribution < 1.29 is 9.18 Å². The molecule has 2 rings (SSSR count). The van der Waals surface area contributed by atoms with Crippen molar-refractivity contribution in [3.8, 4) is 0 Å². The molecule has 0 radical (unpaired) electrons. The Morgan fingerprint density at radius 1 is 1.39 bits per heavy atom. The van der Waals surface area contributed by atoms with Gasteiger partial charge in [0.25, 0.3) is 0 Å². The van der Waals surface area contributed by atoms with Gasteiger partial charge < -0.3 is 0 Å². The molecule has 18 heavy (non-hydrogen) atoms. The third kappa shape index (κ3) is 2.94. The predicted molar refractivity (Wildman–Crippen MR) is 71.4 cm³/mol. The van der Waals surface area contributed by atoms with E-state index in [1.807, 2.05) is 0 Å². The summed E-state index contributed by atoms with van der Waals surface area (Å²) in [5.41, 5.74) is 1.15. The SMILES string of the molecule is O=C(Cc1ccc(F)c(Br)c1)c1ccncc1Cl. The number of hydrogen-bond donors (Lipinski definition) is 0. The molecule has 2 nitrogen and oxygen atoms in total. The van der Waals surface area contributed by atoms with Gasteiger partial charge in [0.2, 0.25) is 0 Å². The van der Waals surface area contributed by atoms with E-state index in [0.717, 1.165) is 5.56 Å². The Morgan fingerprint density at radius 2 is 2.17 bits per heavy atom. The Morgan fingerprint density at radius 3 is 2.83 bits per heavy atom. The van der Waals surface area contributed by atoms with E-state index >= 15 is 0 Å². The molecular formula is C13H8BrClFNO. The second-order valence-electron chi connectivity index (χ2n) is 3.70. The van der Waals surface area contributed by atoms with Crippen LogP contribution in [-0.4, -0.2) is 10.8 Å². The third-order valence-corrected chi connectivity index (χ3v) is 3.33. The summed E-state index contributed by atoms with van der Waals surface area (Å²) in [7, 11) is 0. The van der Waals surface area contributed by atoms with Gasteiger partial charge in [-0.15, -0.1) is 0 Å². The first-order valence-electron chi connectivity index (χ1n) is 5.14. The zero-order chi connectivity index (χ0) is 13.1. The molecule has 0 bridgehead atoms. The van der Waals surface area contributed by atoms with Crippen LogP contribution in [0.15, 0.2) is 41.1 Å². The first-order valence-corrected chi connectivity index (χ1v) is 6.31. The maximum absolute atomic E-state index is 13.1. The largest absolute Gasteiger partial charge is 0.294 e. The molecule has 0 aliphatic rings. The lowest BCUT2D eigenvalue weighted by molar-refractivity contribution is 0.0993. The summed E-state index contributed by atoms with van der Waals surface area (Å²) in [6.07, 6.45) is 3.11. The van der Waals surface area contributed by atoms with Gasteiger partial charge in [-0.3, -0.25) is 9.78 Å². The molecule has 0 aliphatic heterocycles. The van der Waals surface area contributed by atoms with Crippen LogP contribution >= 0.6 is 27.5 Å². The van der Waals surface area contributed by atoms with Crippen molar-refractivity contribution in [3.05, 3.63) is 63.1 Å². The fourth-order valence-electron chi connectivity index (χ4n) is 1.53. The van der Waals surface area contributed by atoms with Crippen LogP contribution in [0.25, 0.3) is 0 Å². The summed E-state index contributed by atoms with van der Waals surface area (Å²) in [6.45, 7) is 0. The Hall–Kier alpha value is -1.26. The van der Waals surface area contributed by atoms with E-state index in [1.165, 1.54) is 18.5 Å². The van der Waals surface area contributed by atoms with Crippen molar-refractivity contribution in [1.82, 2.24) is 4.98 Å². The fourth-order valence-corrected chi connectivity index (χ4v) is 2.18. The van der Waals surface area contributed by atoms with Gasteiger partial charge in [0.15, 0.2) is 5.78 Å². The Kier molecular flexibility index (Phi) is 4.09. The Labute approximate surface area is 117 Å². The molecule has 92 valence electrons. The quantitative estimate of drug-likeness (QED) is 0.795. The second-order valence-corrected chi connectivity index (χ2v) is 4.97. The van der Waals surface area contributed by atoms with Crippen molar-refractivity contribution in [3.63, 3.8) is 0 Å². The molecular weight excluding hydrogens is 321 g/mol. The normalized spacial score (nSPS) is 10.4. The Balaban J connectivity index is 2.22. The van der Waals surface area contributed by atoms with Gasteiger partial charge in [-0.1, -0.05) is 17.7 Å². The summed E-state index contributed by atoms with van der Waals surface area (Å²) < 4.78 is 13.4. The van der Waals surface area contributed by atoms with E-state index in [2.05, 4.69) is 20.9 Å². The standard InChI is InChI=1S/C13H8BrClFNO/c14-10-5-8(1-2-12(10)16)6-13(18)9-3-4-17-7-11(9)15/h1-5,7H,6H2. The fraction of sp³-hybridized carbons (Fsp3) is 0.0769. The van der Waals surface area contributed by atoms with Crippen LogP contribution in [0.5, 0.6) is 0 Å². The molecule has 0 saturated carbocycles. The van der Waals surface area contributed by atoms with Crippen LogP contribution in [0, 0.1) is 5.82 Å². The molecule has 0 N–H and O–H groups in total. The summed E-state index contributed by atoms with van der Waals surface area (Å²) in [4.78, 5) is 15.8. The molecule has 0 amide bonds. The van der Waals surface area contributed by atoms with Crippen LogP contribution < -0.4 is 0 Å². The highest BCUT2D eigenvalue weighted by atomic mass is 79.9. The van der Waals surface area contributed by atoms with Crippen molar-refractivity contribution in [1.29, 1.82) is 0 Å². The molecule has 1 heterocycles. The van der Waals surface area contributed by atoms with E-state index in [9.17, 15) is 9.18 Å². The molecule has 5 heteroatoms. The minimum Gasteiger partial charge on any atom is -0.294 e. The molecule has 1 aromatic carbocycles. The van der Waals surface area contributed by atoms with Crippen LogP contribution in [-0.2, 0) is 6.42 Å². The number of aromatic nitrogens is 1. The van der Waals surface area contributed by atoms with Crippen molar-refractivity contribution in [2.75, 3.05) is 0 Å². The minimum absolute atomic E-state index is 0.124. The number of ketones is 1. The highest BCUT2D eigenvalue weighted by Gasteiger charge is 2.11. The molecule has 0 unspecified atom stereocenters. The van der Waals surface area contributed by atoms with Crippen molar-refractivity contribution >= 4 is 33.3 Å². The van der Waals surface area contributed by atoms with E-state index in [-0.39, 0.29) is 18.0 Å². The number of carbonyl (C=O) groups is 1. The first kappa shape index (κ1) is 13.2. The van der Waals surface area contributed by atoms with Crippen molar-refractivity contribution in [2.24, 2.45) is 0 Å². The third-order valence-electron chi connectivity index (χ3n) is 2.42. The number of rotatable bonds is 3. The summed E-state index contributed by atoms with van der Waals surface area (Å²) >= 11 is 8.97. The van der Waals surface area contributed by atoms with Crippen LogP contribution in [0.1, 0.15) is 15.9 Å². The molecule has 0 fully saturated rings. The van der Waals surface area contributed by atoms with E-state index < -0.39 is 0 Å². The molecule has 0 atom stereocenters. The number of nitrogens with zero attached hydrogens (tertiary/aromatic N) is 1. The lowest BCUT2D eigenvalue weighted by Gasteiger charge is -2.04. The van der Waals surface area contributed by atoms with Gasteiger partial charge in [-0.05, 0) is 39.7 Å². The number of benzene rings is 1. The monoisotopic (exact) mass is 327 g/mol. The lowest BCUT2D eigenvalue weighted by Crippen LogP contribution is -2.04. The highest BCUT2D eigenvalue weighted by Crippen LogP contribution is 2.20. The van der Waals surface area contributed by atoms with E-state index in [0.29, 0.717) is 15.1 Å². The van der Waals surface area contributed by atoms with E-state index in [1.54, 1.807) is 18.2 Å². The number of Topliss-reactive ketones (excluding diaryl/α,β-unsaturated/α-hetero) is 1. The average Bonchev–Trinajstić information content (AvgIpc) is 2.34. The molecule has 2 aromatic rings. The smallest absolute Gasteiger partial charge is 0.168 e. The minimum atomic E-state index is -0.354. The van der Waals surface area contributed by atoms with Crippen LogP contribution in [0.2, 0.25) is 5.02 Å². The topological polar surface area (TPSA) is 30.0 Å². The lowest BCUT2D eigenvalue weighted by atomic mass is 10.0. The van der Waals surface area contributed by atoms with Gasteiger partial charge in [-0.25, -0.2) is 4.39 Å². The zero-order valence-corrected chi connectivity index (χ0v) is 11.5. The van der Waals surface area contributed by atoms with E-state index in [4.69, 9.17) is 11.6 Å². The first-order chi connectivity index (χ1) is 8.58. The predicted octanol–water partition coefficient (Wildman–Crippen LogP) is 4.06. The molecule has 0 spiro atoms. The van der Waals surface area contributed by atoms with Gasteiger partial charge in [-0.2, -0.15) is 0 Å². The number of carbonyl (C=O) groups excluding carboxylic acids is 1. The average molecular weight is 329 g/mol. The summed E-state index contributed by atoms with van der Waals surface area (Å²) in [6, 6.07) is 6.06. The number of pyridine rings is 1. The highest BCUT2D eigenvalue weighted by molar-refractivity contribution is 9.10. The van der Waals surface area contributed by atoms with Crippen LogP contribution in [0.4, 0.5) is 4.39 Å². The second kappa shape index (κ2) is 5.59. The maximum Gasteiger partial charge on any atom is 0.168 e. The summed E-state index contributed by atoms with van der Waals surface area (Å²) in [5, 5.41) is 0.323. The van der Waals surface area contributed by atoms with Gasteiger partial charge in [0.05, 0.1) is 9.50 Å². The molecule has 0 saturated heterocycles. The van der Waals surface area contributed by atoms with Gasteiger partial charge in [0.1, 0.15) is 5.82 Å². The van der Waals surface area contributed by atoms with Gasteiger partial charge in [0, 0.05) is 24.4 Å². The molecule has 1 aromatic heterocycles. The van der Waals surface area contributed by atoms with Crippen LogP contribution in [0.3, 0.4) is 0 Å². The van der Waals surface area contributed by atoms with Gasteiger partial charge >= 0.3 is 0 Å². The number of hydrogen-bond acceptors (Lipinski definition) is 2.